The second-order valence-corrected chi connectivity index (χ2v) is 4.08. The minimum atomic E-state index is 0.605. The van der Waals surface area contributed by atoms with Crippen molar-refractivity contribution in [3.63, 3.8) is 0 Å². The topological polar surface area (TPSA) is 12.0 Å². The first kappa shape index (κ1) is 7.99. The number of anilines is 1. The molecule has 0 aliphatic carbocycles. The normalized spacial score (nSPS) is 20.3. The van der Waals surface area contributed by atoms with Crippen LogP contribution in [0.25, 0.3) is 0 Å². The molecule has 2 rings (SSSR count). The van der Waals surface area contributed by atoms with Crippen LogP contribution in [0.5, 0.6) is 0 Å². The maximum absolute atomic E-state index is 3.46. The Hall–Kier alpha value is -0.630. The molecule has 1 N–H and O–H groups in total. The summed E-state index contributed by atoms with van der Waals surface area (Å²) in [6, 6.07) is 7.09. The van der Waals surface area contributed by atoms with Crippen LogP contribution in [-0.2, 0) is 6.42 Å². The number of thioether (sulfide) groups is 1. The predicted molar refractivity (Wildman–Crippen MR) is 55.0 cm³/mol. The lowest BCUT2D eigenvalue weighted by atomic mass is 10.1. The molecule has 1 aromatic rings. The fraction of sp³-hybridized carbons (Fsp3) is 0.400. The fourth-order valence-corrected chi connectivity index (χ4v) is 2.38. The molecule has 1 aliphatic heterocycles. The van der Waals surface area contributed by atoms with Gasteiger partial charge in [0.2, 0.25) is 0 Å². The molecule has 0 amide bonds. The van der Waals surface area contributed by atoms with Crippen molar-refractivity contribution < 1.29 is 0 Å². The van der Waals surface area contributed by atoms with Gasteiger partial charge in [-0.25, -0.2) is 0 Å². The standard InChI is InChI=1S/C10H13NS/c1-7-6-8-9(11-7)4-3-5-10(8)12-2/h3-5,7,11H,6H2,1-2H3. The van der Waals surface area contributed by atoms with Crippen molar-refractivity contribution in [2.45, 2.75) is 24.3 Å². The highest BCUT2D eigenvalue weighted by molar-refractivity contribution is 7.98. The molecule has 1 aliphatic rings. The average molecular weight is 179 g/mol. The molecule has 1 heterocycles. The first-order valence-corrected chi connectivity index (χ1v) is 5.46. The van der Waals surface area contributed by atoms with Gasteiger partial charge in [0.15, 0.2) is 0 Å². The zero-order valence-electron chi connectivity index (χ0n) is 7.42. The van der Waals surface area contributed by atoms with Crippen LogP contribution in [-0.4, -0.2) is 12.3 Å². The summed E-state index contributed by atoms with van der Waals surface area (Å²) in [4.78, 5) is 1.42. The summed E-state index contributed by atoms with van der Waals surface area (Å²) >= 11 is 1.84. The second kappa shape index (κ2) is 3.02. The van der Waals surface area contributed by atoms with E-state index in [1.807, 2.05) is 11.8 Å². The van der Waals surface area contributed by atoms with Crippen LogP contribution < -0.4 is 5.32 Å². The van der Waals surface area contributed by atoms with Gasteiger partial charge in [-0.2, -0.15) is 0 Å². The Kier molecular flexibility index (Phi) is 2.01. The molecule has 0 spiro atoms. The largest absolute Gasteiger partial charge is 0.382 e. The maximum Gasteiger partial charge on any atom is 0.0386 e. The summed E-state index contributed by atoms with van der Waals surface area (Å²) in [5.74, 6) is 0. The van der Waals surface area contributed by atoms with E-state index >= 15 is 0 Å². The number of hydrogen-bond acceptors (Lipinski definition) is 2. The van der Waals surface area contributed by atoms with Crippen molar-refractivity contribution >= 4 is 17.4 Å². The number of rotatable bonds is 1. The van der Waals surface area contributed by atoms with Crippen molar-refractivity contribution in [3.05, 3.63) is 23.8 Å². The van der Waals surface area contributed by atoms with Crippen LogP contribution in [0.2, 0.25) is 0 Å². The van der Waals surface area contributed by atoms with Gasteiger partial charge in [-0.1, -0.05) is 6.07 Å². The Labute approximate surface area is 77.6 Å². The van der Waals surface area contributed by atoms with Crippen LogP contribution in [0.15, 0.2) is 23.1 Å². The third-order valence-corrected chi connectivity index (χ3v) is 3.09. The molecule has 0 saturated heterocycles. The third kappa shape index (κ3) is 1.20. The maximum atomic E-state index is 3.46. The Morgan fingerprint density at radius 2 is 2.33 bits per heavy atom. The summed E-state index contributed by atoms with van der Waals surface area (Å²) in [5, 5.41) is 3.46. The van der Waals surface area contributed by atoms with Crippen LogP contribution in [0.4, 0.5) is 5.69 Å². The highest BCUT2D eigenvalue weighted by Crippen LogP contribution is 2.33. The lowest BCUT2D eigenvalue weighted by Crippen LogP contribution is -2.08. The van der Waals surface area contributed by atoms with Gasteiger partial charge in [0.05, 0.1) is 0 Å². The van der Waals surface area contributed by atoms with Crippen LogP contribution in [0, 0.1) is 0 Å². The molecular weight excluding hydrogens is 166 g/mol. The molecule has 1 atom stereocenters. The Bertz CT molecular complexity index is 296. The van der Waals surface area contributed by atoms with Gasteiger partial charge in [-0.3, -0.25) is 0 Å². The summed E-state index contributed by atoms with van der Waals surface area (Å²) in [6.45, 7) is 2.23. The molecule has 1 aromatic carbocycles. The Morgan fingerprint density at radius 3 is 3.08 bits per heavy atom. The van der Waals surface area contributed by atoms with Gasteiger partial charge in [0, 0.05) is 16.6 Å². The predicted octanol–water partition coefficient (Wildman–Crippen LogP) is 2.77. The number of benzene rings is 1. The van der Waals surface area contributed by atoms with Gasteiger partial charge in [0.1, 0.15) is 0 Å². The van der Waals surface area contributed by atoms with Crippen LogP contribution in [0.1, 0.15) is 12.5 Å². The van der Waals surface area contributed by atoms with Crippen molar-refractivity contribution in [3.8, 4) is 0 Å². The van der Waals surface area contributed by atoms with Crippen molar-refractivity contribution in [2.75, 3.05) is 11.6 Å². The fourth-order valence-electron chi connectivity index (χ4n) is 1.73. The average Bonchev–Trinajstić information content (AvgIpc) is 2.44. The quantitative estimate of drug-likeness (QED) is 0.665. The van der Waals surface area contributed by atoms with Gasteiger partial charge >= 0.3 is 0 Å². The molecule has 64 valence electrons. The molecule has 12 heavy (non-hydrogen) atoms. The first-order valence-electron chi connectivity index (χ1n) is 4.23. The zero-order chi connectivity index (χ0) is 8.55. The molecule has 0 bridgehead atoms. The van der Waals surface area contributed by atoms with Crippen LogP contribution in [0.3, 0.4) is 0 Å². The van der Waals surface area contributed by atoms with E-state index in [2.05, 4.69) is 36.7 Å². The Morgan fingerprint density at radius 1 is 1.50 bits per heavy atom. The second-order valence-electron chi connectivity index (χ2n) is 3.24. The summed E-state index contributed by atoms with van der Waals surface area (Å²) in [7, 11) is 0. The zero-order valence-corrected chi connectivity index (χ0v) is 8.24. The smallest absolute Gasteiger partial charge is 0.0386 e. The van der Waals surface area contributed by atoms with E-state index in [9.17, 15) is 0 Å². The minimum Gasteiger partial charge on any atom is -0.382 e. The Balaban J connectivity index is 2.44. The van der Waals surface area contributed by atoms with Gasteiger partial charge in [0.25, 0.3) is 0 Å². The highest BCUT2D eigenvalue weighted by atomic mass is 32.2. The van der Waals surface area contributed by atoms with Crippen molar-refractivity contribution in [1.82, 2.24) is 0 Å². The first-order chi connectivity index (χ1) is 5.81. The van der Waals surface area contributed by atoms with Gasteiger partial charge in [-0.05, 0) is 37.3 Å². The van der Waals surface area contributed by atoms with E-state index < -0.39 is 0 Å². The van der Waals surface area contributed by atoms with E-state index in [1.165, 1.54) is 22.6 Å². The molecular formula is C10H13NS. The SMILES string of the molecule is CSc1cccc2c1CC(C)N2. The number of fused-ring (bicyclic) bond motifs is 1. The number of hydrogen-bond donors (Lipinski definition) is 1. The lowest BCUT2D eigenvalue weighted by molar-refractivity contribution is 0.831. The summed E-state index contributed by atoms with van der Waals surface area (Å²) < 4.78 is 0. The van der Waals surface area contributed by atoms with E-state index in [-0.39, 0.29) is 0 Å². The summed E-state index contributed by atoms with van der Waals surface area (Å²) in [5.41, 5.74) is 2.83. The molecule has 0 radical (unpaired) electrons. The van der Waals surface area contributed by atoms with E-state index in [0.29, 0.717) is 6.04 Å². The third-order valence-electron chi connectivity index (χ3n) is 2.27. The minimum absolute atomic E-state index is 0.605. The molecule has 0 fully saturated rings. The monoisotopic (exact) mass is 179 g/mol. The van der Waals surface area contributed by atoms with Crippen molar-refractivity contribution in [1.29, 1.82) is 0 Å². The van der Waals surface area contributed by atoms with Gasteiger partial charge in [-0.15, -0.1) is 11.8 Å². The number of nitrogens with one attached hydrogen (secondary N) is 1. The van der Waals surface area contributed by atoms with Crippen molar-refractivity contribution in [2.24, 2.45) is 0 Å². The van der Waals surface area contributed by atoms with E-state index in [4.69, 9.17) is 0 Å². The summed E-state index contributed by atoms with van der Waals surface area (Å²) in [6.07, 6.45) is 3.31. The molecule has 0 saturated carbocycles. The molecule has 1 unspecified atom stereocenters. The molecule has 1 nitrogen and oxygen atoms in total. The molecule has 0 aromatic heterocycles. The van der Waals surface area contributed by atoms with Crippen LogP contribution >= 0.6 is 11.8 Å². The molecule has 2 heteroatoms. The van der Waals surface area contributed by atoms with E-state index in [1.54, 1.807) is 0 Å². The van der Waals surface area contributed by atoms with Gasteiger partial charge < -0.3 is 5.32 Å². The highest BCUT2D eigenvalue weighted by Gasteiger charge is 2.18. The lowest BCUT2D eigenvalue weighted by Gasteiger charge is -2.03. The van der Waals surface area contributed by atoms with E-state index in [0.717, 1.165) is 0 Å².